The van der Waals surface area contributed by atoms with Crippen LogP contribution in [0.3, 0.4) is 0 Å². The minimum absolute atomic E-state index is 0.0180. The van der Waals surface area contributed by atoms with Gasteiger partial charge in [-0.2, -0.15) is 0 Å². The fourth-order valence-corrected chi connectivity index (χ4v) is 4.28. The van der Waals surface area contributed by atoms with Gasteiger partial charge in [-0.25, -0.2) is 4.79 Å². The normalized spacial score (nSPS) is 14.1. The summed E-state index contributed by atoms with van der Waals surface area (Å²) in [5.74, 6) is -0.425. The number of alkyl carbamates (subject to hydrolysis) is 1. The third-order valence-corrected chi connectivity index (χ3v) is 6.33. The summed E-state index contributed by atoms with van der Waals surface area (Å²) in [6.45, 7) is 4.51. The lowest BCUT2D eigenvalue weighted by Gasteiger charge is -2.31. The van der Waals surface area contributed by atoms with Crippen LogP contribution in [0.5, 0.6) is 0 Å². The molecule has 1 fully saturated rings. The molecule has 10 heteroatoms. The van der Waals surface area contributed by atoms with E-state index in [0.29, 0.717) is 36.1 Å². The molecule has 1 aromatic heterocycles. The summed E-state index contributed by atoms with van der Waals surface area (Å²) in [4.78, 5) is 38.7. The first-order chi connectivity index (χ1) is 18.4. The standard InChI is InChI=1S/C28H32N4O6/c1-2-36-25(33)12-15-32-13-10-22(11-14-32)30-27(34)24-17-21-16-20(8-9-23(21)38-24)26(29)31-28(35)37-18-19-6-4-3-5-7-19/h3-9,16-17,22H,2,10-15,18H2,1H3,(H,30,34)(H2,29,31,35). The summed E-state index contributed by atoms with van der Waals surface area (Å²) >= 11 is 0. The fraction of sp³-hybridized carbons (Fsp3) is 0.357. The molecule has 2 amide bonds. The largest absolute Gasteiger partial charge is 0.466 e. The van der Waals surface area contributed by atoms with Crippen LogP contribution < -0.4 is 10.6 Å². The van der Waals surface area contributed by atoms with Crippen molar-refractivity contribution >= 4 is 34.8 Å². The monoisotopic (exact) mass is 520 g/mol. The van der Waals surface area contributed by atoms with Crippen molar-refractivity contribution in [3.8, 4) is 0 Å². The molecule has 4 rings (SSSR count). The number of nitrogens with zero attached hydrogens (tertiary/aromatic N) is 1. The number of carbonyl (C=O) groups excluding carboxylic acids is 3. The summed E-state index contributed by atoms with van der Waals surface area (Å²) in [5, 5.41) is 14.3. The maximum absolute atomic E-state index is 12.8. The number of amides is 2. The first-order valence-electron chi connectivity index (χ1n) is 12.7. The van der Waals surface area contributed by atoms with E-state index in [-0.39, 0.29) is 36.1 Å². The minimum atomic E-state index is -0.724. The van der Waals surface area contributed by atoms with Crippen molar-refractivity contribution in [2.75, 3.05) is 26.2 Å². The third kappa shape index (κ3) is 7.42. The number of hydrogen-bond acceptors (Lipinski definition) is 8. The fourth-order valence-electron chi connectivity index (χ4n) is 4.28. The Bertz CT molecular complexity index is 1280. The van der Waals surface area contributed by atoms with Crippen LogP contribution >= 0.6 is 0 Å². The van der Waals surface area contributed by atoms with Gasteiger partial charge in [-0.15, -0.1) is 0 Å². The van der Waals surface area contributed by atoms with Crippen LogP contribution in [0.2, 0.25) is 0 Å². The van der Waals surface area contributed by atoms with Crippen LogP contribution in [0.25, 0.3) is 11.0 Å². The summed E-state index contributed by atoms with van der Waals surface area (Å²) in [7, 11) is 0. The molecule has 0 radical (unpaired) electrons. The number of benzene rings is 2. The highest BCUT2D eigenvalue weighted by atomic mass is 16.5. The highest BCUT2D eigenvalue weighted by Crippen LogP contribution is 2.22. The predicted octanol–water partition coefficient (Wildman–Crippen LogP) is 3.83. The van der Waals surface area contributed by atoms with Gasteiger partial charge in [0.15, 0.2) is 5.76 Å². The average Bonchev–Trinajstić information content (AvgIpc) is 3.36. The van der Waals surface area contributed by atoms with Crippen LogP contribution in [0.4, 0.5) is 4.79 Å². The molecule has 200 valence electrons. The second kappa shape index (κ2) is 12.9. The van der Waals surface area contributed by atoms with E-state index in [2.05, 4.69) is 15.5 Å². The number of fused-ring (bicyclic) bond motifs is 1. The lowest BCUT2D eigenvalue weighted by molar-refractivity contribution is -0.143. The van der Waals surface area contributed by atoms with E-state index in [4.69, 9.17) is 19.3 Å². The molecule has 0 bridgehead atoms. The van der Waals surface area contributed by atoms with E-state index in [1.165, 1.54) is 0 Å². The van der Waals surface area contributed by atoms with Gasteiger partial charge in [-0.3, -0.25) is 20.3 Å². The number of likely N-dealkylation sites (tertiary alicyclic amines) is 1. The van der Waals surface area contributed by atoms with E-state index < -0.39 is 6.09 Å². The molecular weight excluding hydrogens is 488 g/mol. The zero-order valence-electron chi connectivity index (χ0n) is 21.3. The van der Waals surface area contributed by atoms with Gasteiger partial charge in [0.1, 0.15) is 18.0 Å². The molecule has 2 heterocycles. The maximum Gasteiger partial charge on any atom is 0.413 e. The van der Waals surface area contributed by atoms with Crippen molar-refractivity contribution < 1.29 is 28.3 Å². The SMILES string of the molecule is CCOC(=O)CCN1CCC(NC(=O)c2cc3cc(C(=N)NC(=O)OCc4ccccc4)ccc3o2)CC1. The topological polar surface area (TPSA) is 134 Å². The zero-order chi connectivity index (χ0) is 26.9. The molecule has 0 unspecified atom stereocenters. The number of carbonyl (C=O) groups is 3. The van der Waals surface area contributed by atoms with Crippen molar-refractivity contribution in [3.05, 3.63) is 71.5 Å². The molecule has 3 aromatic rings. The van der Waals surface area contributed by atoms with E-state index in [0.717, 1.165) is 31.5 Å². The lowest BCUT2D eigenvalue weighted by Crippen LogP contribution is -2.45. The van der Waals surface area contributed by atoms with E-state index in [1.54, 1.807) is 31.2 Å². The van der Waals surface area contributed by atoms with Gasteiger partial charge in [-0.1, -0.05) is 30.3 Å². The molecule has 1 saturated heterocycles. The van der Waals surface area contributed by atoms with E-state index in [9.17, 15) is 14.4 Å². The molecular formula is C28H32N4O6. The Hall–Kier alpha value is -4.18. The van der Waals surface area contributed by atoms with Gasteiger partial charge >= 0.3 is 12.1 Å². The number of ether oxygens (including phenoxy) is 2. The minimum Gasteiger partial charge on any atom is -0.466 e. The highest BCUT2D eigenvalue weighted by molar-refractivity contribution is 6.06. The first kappa shape index (κ1) is 26.9. The van der Waals surface area contributed by atoms with Gasteiger partial charge in [-0.05, 0) is 49.6 Å². The van der Waals surface area contributed by atoms with Crippen molar-refractivity contribution in [1.29, 1.82) is 5.41 Å². The van der Waals surface area contributed by atoms with Gasteiger partial charge in [0, 0.05) is 36.6 Å². The molecule has 0 atom stereocenters. The Labute approximate surface area is 220 Å². The Kier molecular flexibility index (Phi) is 9.10. The number of nitrogens with one attached hydrogen (secondary N) is 3. The lowest BCUT2D eigenvalue weighted by atomic mass is 10.0. The number of piperidine rings is 1. The van der Waals surface area contributed by atoms with Crippen LogP contribution in [0.1, 0.15) is 47.9 Å². The quantitative estimate of drug-likeness (QED) is 0.222. The molecule has 10 nitrogen and oxygen atoms in total. The summed E-state index contributed by atoms with van der Waals surface area (Å²) in [6, 6.07) is 15.9. The molecule has 3 N–H and O–H groups in total. The summed E-state index contributed by atoms with van der Waals surface area (Å²) in [5.41, 5.74) is 1.81. The van der Waals surface area contributed by atoms with Crippen LogP contribution in [-0.4, -0.2) is 61.0 Å². The molecule has 2 aromatic carbocycles. The smallest absolute Gasteiger partial charge is 0.413 e. The molecule has 1 aliphatic heterocycles. The van der Waals surface area contributed by atoms with E-state index >= 15 is 0 Å². The number of hydrogen-bond donors (Lipinski definition) is 3. The summed E-state index contributed by atoms with van der Waals surface area (Å²) in [6.07, 6.45) is 1.20. The van der Waals surface area contributed by atoms with Crippen molar-refractivity contribution in [3.63, 3.8) is 0 Å². The summed E-state index contributed by atoms with van der Waals surface area (Å²) < 4.78 is 15.9. The Morgan fingerprint density at radius 2 is 1.82 bits per heavy atom. The van der Waals surface area contributed by atoms with Gasteiger partial charge in [0.2, 0.25) is 0 Å². The maximum atomic E-state index is 12.8. The Morgan fingerprint density at radius 1 is 1.05 bits per heavy atom. The average molecular weight is 521 g/mol. The van der Waals surface area contributed by atoms with Crippen LogP contribution in [-0.2, 0) is 20.9 Å². The van der Waals surface area contributed by atoms with Gasteiger partial charge < -0.3 is 24.1 Å². The molecule has 0 saturated carbocycles. The van der Waals surface area contributed by atoms with Gasteiger partial charge in [0.05, 0.1) is 13.0 Å². The zero-order valence-corrected chi connectivity index (χ0v) is 21.3. The molecule has 1 aliphatic rings. The van der Waals surface area contributed by atoms with Crippen LogP contribution in [0.15, 0.2) is 59.0 Å². The third-order valence-electron chi connectivity index (χ3n) is 6.33. The number of amidine groups is 1. The predicted molar refractivity (Wildman–Crippen MR) is 141 cm³/mol. The highest BCUT2D eigenvalue weighted by Gasteiger charge is 2.23. The van der Waals surface area contributed by atoms with Crippen molar-refractivity contribution in [1.82, 2.24) is 15.5 Å². The van der Waals surface area contributed by atoms with Crippen molar-refractivity contribution in [2.45, 2.75) is 38.8 Å². The second-order valence-electron chi connectivity index (χ2n) is 9.07. The molecule has 38 heavy (non-hydrogen) atoms. The van der Waals surface area contributed by atoms with Gasteiger partial charge in [0.25, 0.3) is 5.91 Å². The number of esters is 1. The van der Waals surface area contributed by atoms with Crippen LogP contribution in [0, 0.1) is 5.41 Å². The Balaban J connectivity index is 1.26. The number of rotatable bonds is 9. The molecule has 0 spiro atoms. The van der Waals surface area contributed by atoms with Crippen molar-refractivity contribution in [2.24, 2.45) is 0 Å². The second-order valence-corrected chi connectivity index (χ2v) is 9.07. The number of furan rings is 1. The first-order valence-corrected chi connectivity index (χ1v) is 12.7. The molecule has 0 aliphatic carbocycles. The Morgan fingerprint density at radius 3 is 2.55 bits per heavy atom. The van der Waals surface area contributed by atoms with E-state index in [1.807, 2.05) is 30.3 Å².